The maximum atomic E-state index is 13.3. The van der Waals surface area contributed by atoms with Crippen molar-refractivity contribution < 1.29 is 14.0 Å². The van der Waals surface area contributed by atoms with E-state index in [1.165, 1.54) is 12.1 Å². The summed E-state index contributed by atoms with van der Waals surface area (Å²) in [7, 11) is 1.84. The van der Waals surface area contributed by atoms with Gasteiger partial charge in [0.25, 0.3) is 0 Å². The Morgan fingerprint density at radius 3 is 2.36 bits per heavy atom. The molecule has 3 rings (SSSR count). The van der Waals surface area contributed by atoms with Gasteiger partial charge in [-0.15, -0.1) is 0 Å². The van der Waals surface area contributed by atoms with Crippen LogP contribution in [0.3, 0.4) is 0 Å². The molecule has 2 aromatic rings. The van der Waals surface area contributed by atoms with Crippen molar-refractivity contribution in [1.29, 1.82) is 0 Å². The van der Waals surface area contributed by atoms with Crippen LogP contribution in [0.15, 0.2) is 54.6 Å². The summed E-state index contributed by atoms with van der Waals surface area (Å²) in [6.45, 7) is 2.77. The molecule has 28 heavy (non-hydrogen) atoms. The first-order chi connectivity index (χ1) is 13.5. The van der Waals surface area contributed by atoms with Gasteiger partial charge in [0.05, 0.1) is 6.54 Å². The lowest BCUT2D eigenvalue weighted by Crippen LogP contribution is -2.53. The molecule has 7 heteroatoms. The third kappa shape index (κ3) is 5.53. The van der Waals surface area contributed by atoms with Crippen LogP contribution in [0.25, 0.3) is 0 Å². The number of hydrogen-bond donors (Lipinski definition) is 1. The van der Waals surface area contributed by atoms with Crippen molar-refractivity contribution in [3.8, 4) is 0 Å². The van der Waals surface area contributed by atoms with Gasteiger partial charge in [-0.1, -0.05) is 30.3 Å². The Bertz CT molecular complexity index is 807. The monoisotopic (exact) mass is 384 g/mol. The van der Waals surface area contributed by atoms with E-state index in [1.807, 2.05) is 48.3 Å². The highest BCUT2D eigenvalue weighted by Gasteiger charge is 2.24. The predicted molar refractivity (Wildman–Crippen MR) is 106 cm³/mol. The third-order valence-corrected chi connectivity index (χ3v) is 4.69. The Hall–Kier alpha value is -2.93. The molecule has 0 unspecified atom stereocenters. The van der Waals surface area contributed by atoms with Crippen LogP contribution in [0.1, 0.15) is 5.56 Å². The fourth-order valence-electron chi connectivity index (χ4n) is 3.22. The first-order valence-corrected chi connectivity index (χ1v) is 9.33. The maximum Gasteiger partial charge on any atom is 0.321 e. The van der Waals surface area contributed by atoms with E-state index in [2.05, 4.69) is 5.32 Å². The normalized spacial score (nSPS) is 14.2. The molecule has 0 saturated carbocycles. The predicted octanol–water partition coefficient (Wildman–Crippen LogP) is 2.63. The van der Waals surface area contributed by atoms with Crippen LogP contribution in [0.4, 0.5) is 14.9 Å². The van der Waals surface area contributed by atoms with Crippen molar-refractivity contribution in [1.82, 2.24) is 14.7 Å². The number of carbonyl (C=O) groups excluding carboxylic acids is 2. The fraction of sp³-hybridized carbons (Fsp3) is 0.333. The lowest BCUT2D eigenvalue weighted by atomic mass is 10.2. The molecule has 1 heterocycles. The maximum absolute atomic E-state index is 13.3. The number of piperazine rings is 1. The van der Waals surface area contributed by atoms with Gasteiger partial charge >= 0.3 is 6.03 Å². The standard InChI is InChI=1S/C21H25FN4O2/c1-24(15-17-6-5-7-18(22)14-17)16-20(27)25-10-12-26(13-11-25)21(28)23-19-8-3-2-4-9-19/h2-9,14H,10-13,15-16H2,1H3,(H,23,28). The van der Waals surface area contributed by atoms with Crippen LogP contribution in [-0.2, 0) is 11.3 Å². The molecule has 6 nitrogen and oxygen atoms in total. The number of anilines is 1. The first kappa shape index (κ1) is 19.8. The van der Waals surface area contributed by atoms with Gasteiger partial charge in [0, 0.05) is 38.4 Å². The number of amides is 3. The zero-order chi connectivity index (χ0) is 19.9. The van der Waals surface area contributed by atoms with Gasteiger partial charge in [-0.2, -0.15) is 0 Å². The number of rotatable bonds is 5. The molecule has 0 aromatic heterocycles. The summed E-state index contributed by atoms with van der Waals surface area (Å²) in [5.74, 6) is -0.260. The Morgan fingerprint density at radius 2 is 1.68 bits per heavy atom. The highest BCUT2D eigenvalue weighted by molar-refractivity contribution is 5.89. The highest BCUT2D eigenvalue weighted by Crippen LogP contribution is 2.10. The summed E-state index contributed by atoms with van der Waals surface area (Å²) < 4.78 is 13.3. The van der Waals surface area contributed by atoms with E-state index in [0.717, 1.165) is 11.3 Å². The molecule has 0 bridgehead atoms. The van der Waals surface area contributed by atoms with E-state index in [4.69, 9.17) is 0 Å². The number of para-hydroxylation sites is 1. The van der Waals surface area contributed by atoms with Crippen molar-refractivity contribution in [2.45, 2.75) is 6.54 Å². The SMILES string of the molecule is CN(CC(=O)N1CCN(C(=O)Nc2ccccc2)CC1)Cc1cccc(F)c1. The number of urea groups is 1. The van der Waals surface area contributed by atoms with Gasteiger partial charge in [-0.25, -0.2) is 9.18 Å². The van der Waals surface area contributed by atoms with Crippen LogP contribution in [-0.4, -0.2) is 66.4 Å². The molecule has 0 aliphatic carbocycles. The van der Waals surface area contributed by atoms with Crippen LogP contribution >= 0.6 is 0 Å². The summed E-state index contributed by atoms with van der Waals surface area (Å²) in [5, 5.41) is 2.86. The number of nitrogens with zero attached hydrogens (tertiary/aromatic N) is 3. The van der Waals surface area contributed by atoms with Crippen LogP contribution in [0.5, 0.6) is 0 Å². The second-order valence-electron chi connectivity index (χ2n) is 6.97. The van der Waals surface area contributed by atoms with Crippen molar-refractivity contribution in [2.24, 2.45) is 0 Å². The summed E-state index contributed by atoms with van der Waals surface area (Å²) in [5.41, 5.74) is 1.59. The second kappa shape index (κ2) is 9.32. The van der Waals surface area contributed by atoms with E-state index in [1.54, 1.807) is 15.9 Å². The fourth-order valence-corrected chi connectivity index (χ4v) is 3.22. The number of nitrogens with one attached hydrogen (secondary N) is 1. The van der Waals surface area contributed by atoms with Gasteiger partial charge in [0.15, 0.2) is 0 Å². The largest absolute Gasteiger partial charge is 0.338 e. The topological polar surface area (TPSA) is 55.9 Å². The molecule has 0 atom stereocenters. The molecule has 2 aromatic carbocycles. The minimum Gasteiger partial charge on any atom is -0.338 e. The van der Waals surface area contributed by atoms with Crippen molar-refractivity contribution >= 4 is 17.6 Å². The van der Waals surface area contributed by atoms with Crippen LogP contribution in [0, 0.1) is 5.82 Å². The van der Waals surface area contributed by atoms with Crippen LogP contribution in [0.2, 0.25) is 0 Å². The number of carbonyl (C=O) groups is 2. The Kier molecular flexibility index (Phi) is 6.60. The molecule has 1 aliphatic rings. The average molecular weight is 384 g/mol. The van der Waals surface area contributed by atoms with E-state index >= 15 is 0 Å². The summed E-state index contributed by atoms with van der Waals surface area (Å²) in [6.07, 6.45) is 0. The summed E-state index contributed by atoms with van der Waals surface area (Å²) in [6, 6.07) is 15.5. The molecule has 3 amide bonds. The van der Waals surface area contributed by atoms with E-state index < -0.39 is 0 Å². The average Bonchev–Trinajstić information content (AvgIpc) is 2.68. The number of hydrogen-bond acceptors (Lipinski definition) is 3. The van der Waals surface area contributed by atoms with Gasteiger partial charge in [0.2, 0.25) is 5.91 Å². The quantitative estimate of drug-likeness (QED) is 0.862. The lowest BCUT2D eigenvalue weighted by molar-refractivity contribution is -0.133. The Balaban J connectivity index is 1.43. The lowest BCUT2D eigenvalue weighted by Gasteiger charge is -2.35. The molecule has 1 saturated heterocycles. The van der Waals surface area contributed by atoms with Crippen molar-refractivity contribution in [3.05, 3.63) is 66.0 Å². The molecule has 1 N–H and O–H groups in total. The first-order valence-electron chi connectivity index (χ1n) is 9.33. The minimum atomic E-state index is -0.276. The molecule has 1 fully saturated rings. The molecule has 0 spiro atoms. The highest BCUT2D eigenvalue weighted by atomic mass is 19.1. The van der Waals surface area contributed by atoms with Crippen LogP contribution < -0.4 is 5.32 Å². The smallest absolute Gasteiger partial charge is 0.321 e. The van der Waals surface area contributed by atoms with E-state index in [9.17, 15) is 14.0 Å². The minimum absolute atomic E-state index is 0.0158. The third-order valence-electron chi connectivity index (χ3n) is 4.69. The molecule has 148 valence electrons. The zero-order valence-corrected chi connectivity index (χ0v) is 16.0. The Labute approximate surface area is 164 Å². The molecular weight excluding hydrogens is 359 g/mol. The second-order valence-corrected chi connectivity index (χ2v) is 6.97. The molecule has 1 aliphatic heterocycles. The zero-order valence-electron chi connectivity index (χ0n) is 16.0. The molecular formula is C21H25FN4O2. The van der Waals surface area contributed by atoms with Crippen molar-refractivity contribution in [2.75, 3.05) is 45.1 Å². The van der Waals surface area contributed by atoms with Gasteiger partial charge in [0.1, 0.15) is 5.82 Å². The van der Waals surface area contributed by atoms with E-state index in [-0.39, 0.29) is 24.3 Å². The van der Waals surface area contributed by atoms with Gasteiger partial charge in [-0.3, -0.25) is 9.69 Å². The molecule has 0 radical (unpaired) electrons. The summed E-state index contributed by atoms with van der Waals surface area (Å²) >= 11 is 0. The Morgan fingerprint density at radius 1 is 1.00 bits per heavy atom. The van der Waals surface area contributed by atoms with E-state index in [0.29, 0.717) is 32.7 Å². The number of likely N-dealkylation sites (N-methyl/N-ethyl adjacent to an activating group) is 1. The van der Waals surface area contributed by atoms with Gasteiger partial charge < -0.3 is 15.1 Å². The number of halogens is 1. The number of benzene rings is 2. The summed E-state index contributed by atoms with van der Waals surface area (Å²) in [4.78, 5) is 30.2. The van der Waals surface area contributed by atoms with Gasteiger partial charge in [-0.05, 0) is 36.9 Å². The van der Waals surface area contributed by atoms with Crippen molar-refractivity contribution in [3.63, 3.8) is 0 Å².